The molecule has 0 amide bonds. The predicted octanol–water partition coefficient (Wildman–Crippen LogP) is 6.13. The highest BCUT2D eigenvalue weighted by molar-refractivity contribution is 7.80. The smallest absolute Gasteiger partial charge is 0.341 e. The van der Waals surface area contributed by atoms with Gasteiger partial charge in [0.1, 0.15) is 21.9 Å². The van der Waals surface area contributed by atoms with Crippen LogP contribution in [-0.2, 0) is 17.6 Å². The third kappa shape index (κ3) is 3.59. The van der Waals surface area contributed by atoms with Gasteiger partial charge in [-0.3, -0.25) is 0 Å². The van der Waals surface area contributed by atoms with Gasteiger partial charge in [0, 0.05) is 21.7 Å². The lowest BCUT2D eigenvalue weighted by atomic mass is 9.95. The van der Waals surface area contributed by atoms with Gasteiger partial charge in [-0.05, 0) is 55.6 Å². The molecule has 4 aromatic rings. The normalized spacial score (nSPS) is 13.1. The lowest BCUT2D eigenvalue weighted by Crippen LogP contribution is -2.20. The molecule has 8 heteroatoms. The van der Waals surface area contributed by atoms with Gasteiger partial charge in [-0.25, -0.2) is 4.79 Å². The van der Waals surface area contributed by atoms with Crippen molar-refractivity contribution in [2.75, 3.05) is 24.9 Å². The summed E-state index contributed by atoms with van der Waals surface area (Å²) in [6, 6.07) is 11.7. The van der Waals surface area contributed by atoms with Crippen molar-refractivity contribution in [3.8, 4) is 5.75 Å². The van der Waals surface area contributed by atoms with Crippen LogP contribution >= 0.6 is 23.6 Å². The van der Waals surface area contributed by atoms with Crippen molar-refractivity contribution in [1.29, 1.82) is 0 Å². The molecule has 0 saturated heterocycles. The number of benzene rings is 2. The Kier molecular flexibility index (Phi) is 5.48. The van der Waals surface area contributed by atoms with Crippen LogP contribution in [0.4, 0.5) is 10.7 Å². The van der Waals surface area contributed by atoms with E-state index in [1.165, 1.54) is 12.0 Å². The van der Waals surface area contributed by atoms with Crippen LogP contribution in [-0.4, -0.2) is 25.3 Å². The van der Waals surface area contributed by atoms with Crippen LogP contribution in [0.5, 0.6) is 5.75 Å². The average molecular weight is 467 g/mol. The molecular formula is C24H22N2O4S2. The maximum absolute atomic E-state index is 12.5. The molecule has 1 aliphatic carbocycles. The molecule has 2 aromatic carbocycles. The molecule has 0 unspecified atom stereocenters. The van der Waals surface area contributed by atoms with E-state index in [4.69, 9.17) is 26.1 Å². The van der Waals surface area contributed by atoms with Gasteiger partial charge in [0.05, 0.1) is 25.5 Å². The minimum absolute atomic E-state index is 0.337. The van der Waals surface area contributed by atoms with Gasteiger partial charge in [-0.1, -0.05) is 18.2 Å². The number of ether oxygens (including phenoxy) is 2. The molecule has 0 radical (unpaired) electrons. The number of nitrogens with one attached hydrogen (secondary N) is 2. The Hall–Kier alpha value is -3.10. The number of furan rings is 1. The molecule has 6 nitrogen and oxygen atoms in total. The second-order valence-corrected chi connectivity index (χ2v) is 9.15. The molecule has 0 saturated carbocycles. The van der Waals surface area contributed by atoms with Gasteiger partial charge < -0.3 is 24.5 Å². The molecule has 0 atom stereocenters. The van der Waals surface area contributed by atoms with Gasteiger partial charge in [0.2, 0.25) is 0 Å². The quantitative estimate of drug-likeness (QED) is 0.277. The first-order valence-electron chi connectivity index (χ1n) is 10.4. The van der Waals surface area contributed by atoms with Crippen LogP contribution in [0, 0.1) is 0 Å². The van der Waals surface area contributed by atoms with E-state index in [1.807, 2.05) is 36.4 Å². The summed E-state index contributed by atoms with van der Waals surface area (Å²) in [6.07, 6.45) is 4.06. The summed E-state index contributed by atoms with van der Waals surface area (Å²) in [4.78, 5) is 13.7. The van der Waals surface area contributed by atoms with Gasteiger partial charge in [-0.2, -0.15) is 0 Å². The number of carbonyl (C=O) groups is 1. The van der Waals surface area contributed by atoms with E-state index < -0.39 is 0 Å². The van der Waals surface area contributed by atoms with Crippen molar-refractivity contribution < 1.29 is 18.7 Å². The standard InChI is InChI=1S/C24H22N2O4S2/c1-28-19-11-15-13-7-3-5-9-17(13)30-18(15)12-16(19)25-24(31)26-22-21(23(27)29-2)14-8-4-6-10-20(14)32-22/h3,5,7,9,11-12H,4,6,8,10H2,1-2H3,(H2,25,26,31). The molecule has 1 aliphatic rings. The van der Waals surface area contributed by atoms with Crippen LogP contribution in [0.25, 0.3) is 21.9 Å². The molecular weight excluding hydrogens is 444 g/mol. The van der Waals surface area contributed by atoms with E-state index in [-0.39, 0.29) is 5.97 Å². The number of thiocarbonyl (C=S) groups is 1. The van der Waals surface area contributed by atoms with Crippen molar-refractivity contribution in [3.05, 3.63) is 52.4 Å². The first-order chi connectivity index (χ1) is 15.6. The zero-order valence-electron chi connectivity index (χ0n) is 17.7. The Morgan fingerprint density at radius 3 is 2.69 bits per heavy atom. The minimum atomic E-state index is -0.337. The van der Waals surface area contributed by atoms with Crippen molar-refractivity contribution in [2.24, 2.45) is 0 Å². The molecule has 0 spiro atoms. The lowest BCUT2D eigenvalue weighted by molar-refractivity contribution is 0.0601. The van der Waals surface area contributed by atoms with Crippen LogP contribution in [0.3, 0.4) is 0 Å². The minimum Gasteiger partial charge on any atom is -0.495 e. The Bertz CT molecular complexity index is 1360. The summed E-state index contributed by atoms with van der Waals surface area (Å²) in [5.41, 5.74) is 3.90. The molecule has 0 fully saturated rings. The zero-order valence-corrected chi connectivity index (χ0v) is 19.4. The van der Waals surface area contributed by atoms with Crippen LogP contribution in [0.2, 0.25) is 0 Å². The largest absolute Gasteiger partial charge is 0.495 e. The van der Waals surface area contributed by atoms with Crippen molar-refractivity contribution in [3.63, 3.8) is 0 Å². The lowest BCUT2D eigenvalue weighted by Gasteiger charge is -2.14. The van der Waals surface area contributed by atoms with E-state index in [2.05, 4.69) is 10.6 Å². The van der Waals surface area contributed by atoms with Crippen molar-refractivity contribution in [1.82, 2.24) is 0 Å². The number of fused-ring (bicyclic) bond motifs is 4. The highest BCUT2D eigenvalue weighted by Crippen LogP contribution is 2.39. The fraction of sp³-hybridized carbons (Fsp3) is 0.250. The average Bonchev–Trinajstić information content (AvgIpc) is 3.35. The number of rotatable bonds is 4. The van der Waals surface area contributed by atoms with Crippen LogP contribution in [0.15, 0.2) is 40.8 Å². The topological polar surface area (TPSA) is 72.7 Å². The number of aryl methyl sites for hydroxylation is 1. The number of hydrogen-bond donors (Lipinski definition) is 2. The number of para-hydroxylation sites is 1. The van der Waals surface area contributed by atoms with E-state index in [0.29, 0.717) is 27.1 Å². The van der Waals surface area contributed by atoms with E-state index in [9.17, 15) is 4.79 Å². The molecule has 2 N–H and O–H groups in total. The predicted molar refractivity (Wildman–Crippen MR) is 132 cm³/mol. The summed E-state index contributed by atoms with van der Waals surface area (Å²) in [5.74, 6) is 0.308. The third-order valence-corrected chi connectivity index (χ3v) is 7.15. The van der Waals surface area contributed by atoms with Gasteiger partial charge in [-0.15, -0.1) is 11.3 Å². The molecule has 0 aliphatic heterocycles. The number of esters is 1. The number of hydrogen-bond acceptors (Lipinski definition) is 6. The highest BCUT2D eigenvalue weighted by Gasteiger charge is 2.26. The number of carbonyl (C=O) groups excluding carboxylic acids is 1. The summed E-state index contributed by atoms with van der Waals surface area (Å²) in [7, 11) is 3.02. The summed E-state index contributed by atoms with van der Waals surface area (Å²) >= 11 is 7.15. The molecule has 32 heavy (non-hydrogen) atoms. The Morgan fingerprint density at radius 2 is 1.88 bits per heavy atom. The molecule has 5 rings (SSSR count). The monoisotopic (exact) mass is 466 g/mol. The molecule has 0 bridgehead atoms. The van der Waals surface area contributed by atoms with E-state index in [0.717, 1.165) is 53.2 Å². The Morgan fingerprint density at radius 1 is 1.06 bits per heavy atom. The molecule has 2 aromatic heterocycles. The van der Waals surface area contributed by atoms with Crippen LogP contribution < -0.4 is 15.4 Å². The highest BCUT2D eigenvalue weighted by atomic mass is 32.1. The maximum atomic E-state index is 12.5. The fourth-order valence-corrected chi connectivity index (χ4v) is 5.81. The van der Waals surface area contributed by atoms with Crippen molar-refractivity contribution >= 4 is 67.3 Å². The van der Waals surface area contributed by atoms with E-state index in [1.54, 1.807) is 18.4 Å². The van der Waals surface area contributed by atoms with E-state index >= 15 is 0 Å². The molecule has 2 heterocycles. The molecule has 164 valence electrons. The Labute approximate surface area is 194 Å². The SMILES string of the molecule is COC(=O)c1c(NC(=S)Nc2cc3oc4ccccc4c3cc2OC)sc2c1CCCC2. The maximum Gasteiger partial charge on any atom is 0.341 e. The zero-order chi connectivity index (χ0) is 22.2. The Balaban J connectivity index is 1.46. The second-order valence-electron chi connectivity index (χ2n) is 7.63. The third-order valence-electron chi connectivity index (χ3n) is 5.73. The van der Waals surface area contributed by atoms with Crippen molar-refractivity contribution in [2.45, 2.75) is 25.7 Å². The summed E-state index contributed by atoms with van der Waals surface area (Å²) in [5, 5.41) is 9.49. The van der Waals surface area contributed by atoms with Crippen LogP contribution in [0.1, 0.15) is 33.6 Å². The second kappa shape index (κ2) is 8.44. The first kappa shape index (κ1) is 20.8. The number of anilines is 2. The summed E-state index contributed by atoms with van der Waals surface area (Å²) < 4.78 is 16.6. The number of methoxy groups -OCH3 is 2. The summed E-state index contributed by atoms with van der Waals surface area (Å²) in [6.45, 7) is 0. The van der Waals surface area contributed by atoms with Gasteiger partial charge in [0.15, 0.2) is 5.11 Å². The first-order valence-corrected chi connectivity index (χ1v) is 11.6. The van der Waals surface area contributed by atoms with Gasteiger partial charge in [0.25, 0.3) is 0 Å². The van der Waals surface area contributed by atoms with Gasteiger partial charge >= 0.3 is 5.97 Å². The number of thiophene rings is 1. The fourth-order valence-electron chi connectivity index (χ4n) is 4.25.